The summed E-state index contributed by atoms with van der Waals surface area (Å²) < 4.78 is 27.6. The van der Waals surface area contributed by atoms with Gasteiger partial charge in [0, 0.05) is 16.4 Å². The van der Waals surface area contributed by atoms with Crippen molar-refractivity contribution in [1.82, 2.24) is 10.6 Å². The number of thioether (sulfide) groups is 1. The lowest BCUT2D eigenvalue weighted by Gasteiger charge is -2.18. The van der Waals surface area contributed by atoms with Crippen molar-refractivity contribution >= 4 is 39.5 Å². The Morgan fingerprint density at radius 2 is 1.81 bits per heavy atom. The molecule has 8 heteroatoms. The van der Waals surface area contributed by atoms with Crippen LogP contribution in [0.3, 0.4) is 0 Å². The van der Waals surface area contributed by atoms with Crippen molar-refractivity contribution in [2.75, 3.05) is 12.8 Å². The number of carbonyl (C=O) groups is 2. The Labute approximate surface area is 169 Å². The maximum atomic E-state index is 13.5. The lowest BCUT2D eigenvalue weighted by atomic mass is 10.1. The van der Waals surface area contributed by atoms with Crippen molar-refractivity contribution < 1.29 is 18.4 Å². The van der Waals surface area contributed by atoms with Crippen LogP contribution >= 0.6 is 27.7 Å². The highest BCUT2D eigenvalue weighted by molar-refractivity contribution is 9.10. The molecule has 0 aromatic heterocycles. The Bertz CT molecular complexity index is 877. The van der Waals surface area contributed by atoms with E-state index in [4.69, 9.17) is 0 Å². The first-order chi connectivity index (χ1) is 12.7. The minimum atomic E-state index is -1.11. The van der Waals surface area contributed by atoms with Crippen molar-refractivity contribution in [3.05, 3.63) is 63.1 Å². The predicted octanol–water partition coefficient (Wildman–Crippen LogP) is 4.04. The van der Waals surface area contributed by atoms with Gasteiger partial charge in [0.2, 0.25) is 11.8 Å². The highest BCUT2D eigenvalue weighted by atomic mass is 79.9. The van der Waals surface area contributed by atoms with Crippen molar-refractivity contribution in [2.24, 2.45) is 0 Å². The molecule has 0 radical (unpaired) electrons. The summed E-state index contributed by atoms with van der Waals surface area (Å²) in [6, 6.07) is 5.95. The van der Waals surface area contributed by atoms with E-state index in [1.807, 2.05) is 26.0 Å². The number of aryl methyl sites for hydroxylation is 2. The standard InChI is InChI=1S/C19H19BrF2N2O2S/c1-10-7-16(11(2)6-13(10)20)27-9-17(25)24-18(19(26)23-3)12-4-5-14(21)15(22)8-12/h4-8,18H,9H2,1-3H3,(H,23,26)(H,24,25). The van der Waals surface area contributed by atoms with Gasteiger partial charge in [-0.25, -0.2) is 8.78 Å². The van der Waals surface area contributed by atoms with Crippen LogP contribution in [0.5, 0.6) is 0 Å². The summed E-state index contributed by atoms with van der Waals surface area (Å²) in [5, 5.41) is 4.99. The molecule has 2 aromatic carbocycles. The first-order valence-corrected chi connectivity index (χ1v) is 9.86. The van der Waals surface area contributed by atoms with E-state index in [9.17, 15) is 18.4 Å². The third-order valence-electron chi connectivity index (χ3n) is 3.91. The maximum Gasteiger partial charge on any atom is 0.246 e. The Morgan fingerprint density at radius 3 is 2.44 bits per heavy atom. The van der Waals surface area contributed by atoms with Crippen LogP contribution < -0.4 is 10.6 Å². The fourth-order valence-electron chi connectivity index (χ4n) is 2.39. The number of halogens is 3. The molecule has 144 valence electrons. The minimum Gasteiger partial charge on any atom is -0.357 e. The summed E-state index contributed by atoms with van der Waals surface area (Å²) in [4.78, 5) is 25.4. The zero-order chi connectivity index (χ0) is 20.1. The first kappa shape index (κ1) is 21.4. The normalized spacial score (nSPS) is 11.8. The number of carbonyl (C=O) groups excluding carboxylic acids is 2. The zero-order valence-electron chi connectivity index (χ0n) is 15.0. The molecular formula is C19H19BrF2N2O2S. The predicted molar refractivity (Wildman–Crippen MR) is 106 cm³/mol. The van der Waals surface area contributed by atoms with E-state index in [2.05, 4.69) is 26.6 Å². The zero-order valence-corrected chi connectivity index (χ0v) is 17.4. The van der Waals surface area contributed by atoms with Crippen LogP contribution in [0.15, 0.2) is 39.7 Å². The highest BCUT2D eigenvalue weighted by Crippen LogP contribution is 2.28. The summed E-state index contributed by atoms with van der Waals surface area (Å²) in [6.07, 6.45) is 0. The van der Waals surface area contributed by atoms with E-state index < -0.39 is 29.5 Å². The molecule has 0 bridgehead atoms. The lowest BCUT2D eigenvalue weighted by Crippen LogP contribution is -2.39. The van der Waals surface area contributed by atoms with E-state index in [0.717, 1.165) is 32.6 Å². The van der Waals surface area contributed by atoms with Gasteiger partial charge in [0.15, 0.2) is 11.6 Å². The molecule has 2 N–H and O–H groups in total. The molecule has 0 saturated heterocycles. The molecule has 27 heavy (non-hydrogen) atoms. The van der Waals surface area contributed by atoms with Crippen LogP contribution in [0, 0.1) is 25.5 Å². The molecule has 2 rings (SSSR count). The molecule has 1 atom stereocenters. The Balaban J connectivity index is 2.11. The monoisotopic (exact) mass is 456 g/mol. The van der Waals surface area contributed by atoms with E-state index in [-0.39, 0.29) is 11.3 Å². The SMILES string of the molecule is CNC(=O)C(NC(=O)CSc1cc(C)c(Br)cc1C)c1ccc(F)c(F)c1. The molecule has 2 aromatic rings. The molecule has 2 amide bonds. The van der Waals surface area contributed by atoms with Crippen molar-refractivity contribution in [3.63, 3.8) is 0 Å². The highest BCUT2D eigenvalue weighted by Gasteiger charge is 2.23. The van der Waals surface area contributed by atoms with Crippen molar-refractivity contribution in [1.29, 1.82) is 0 Å². The summed E-state index contributed by atoms with van der Waals surface area (Å²) >= 11 is 4.80. The fraction of sp³-hybridized carbons (Fsp3) is 0.263. The van der Waals surface area contributed by atoms with Gasteiger partial charge >= 0.3 is 0 Å². The second-order valence-corrected chi connectivity index (χ2v) is 7.82. The van der Waals surface area contributed by atoms with Gasteiger partial charge in [-0.2, -0.15) is 0 Å². The van der Waals surface area contributed by atoms with Gasteiger partial charge in [-0.05, 0) is 54.8 Å². The molecule has 0 heterocycles. The molecule has 0 saturated carbocycles. The number of nitrogens with one attached hydrogen (secondary N) is 2. The molecule has 1 unspecified atom stereocenters. The molecule has 0 aliphatic heterocycles. The number of amides is 2. The number of rotatable bonds is 6. The quantitative estimate of drug-likeness (QED) is 0.644. The van der Waals surface area contributed by atoms with Crippen LogP contribution in [0.2, 0.25) is 0 Å². The summed E-state index contributed by atoms with van der Waals surface area (Å²) in [7, 11) is 1.41. The largest absolute Gasteiger partial charge is 0.357 e. The summed E-state index contributed by atoms with van der Waals surface area (Å²) in [6.45, 7) is 3.90. The van der Waals surface area contributed by atoms with Gasteiger partial charge in [-0.15, -0.1) is 11.8 Å². The van der Waals surface area contributed by atoms with Gasteiger partial charge in [0.25, 0.3) is 0 Å². The lowest BCUT2D eigenvalue weighted by molar-refractivity contribution is -0.127. The maximum absolute atomic E-state index is 13.5. The topological polar surface area (TPSA) is 58.2 Å². The van der Waals surface area contributed by atoms with E-state index in [1.54, 1.807) is 0 Å². The number of likely N-dealkylation sites (N-methyl/N-ethyl adjacent to an activating group) is 1. The van der Waals surface area contributed by atoms with Crippen LogP contribution in [0.25, 0.3) is 0 Å². The van der Waals surface area contributed by atoms with Gasteiger partial charge in [-0.3, -0.25) is 9.59 Å². The average Bonchev–Trinajstić information content (AvgIpc) is 2.63. The minimum absolute atomic E-state index is 0.0824. The fourth-order valence-corrected chi connectivity index (χ4v) is 3.77. The van der Waals surface area contributed by atoms with E-state index in [1.165, 1.54) is 24.9 Å². The van der Waals surface area contributed by atoms with Gasteiger partial charge < -0.3 is 10.6 Å². The molecular weight excluding hydrogens is 438 g/mol. The molecule has 0 fully saturated rings. The Morgan fingerprint density at radius 1 is 1.11 bits per heavy atom. The van der Waals surface area contributed by atoms with E-state index >= 15 is 0 Å². The Hall–Kier alpha value is -1.93. The molecule has 0 aliphatic rings. The second kappa shape index (κ2) is 9.32. The molecule has 0 aliphatic carbocycles. The number of benzene rings is 2. The van der Waals surface area contributed by atoms with Crippen molar-refractivity contribution in [2.45, 2.75) is 24.8 Å². The van der Waals surface area contributed by atoms with Crippen LogP contribution in [0.1, 0.15) is 22.7 Å². The average molecular weight is 457 g/mol. The van der Waals surface area contributed by atoms with Crippen LogP contribution in [0.4, 0.5) is 8.78 Å². The molecule has 0 spiro atoms. The second-order valence-electron chi connectivity index (χ2n) is 5.94. The summed E-state index contributed by atoms with van der Waals surface area (Å²) in [5.41, 5.74) is 2.24. The van der Waals surface area contributed by atoms with Gasteiger partial charge in [0.1, 0.15) is 6.04 Å². The first-order valence-electron chi connectivity index (χ1n) is 8.08. The van der Waals surface area contributed by atoms with Crippen molar-refractivity contribution in [3.8, 4) is 0 Å². The van der Waals surface area contributed by atoms with Crippen LogP contribution in [-0.4, -0.2) is 24.6 Å². The van der Waals surface area contributed by atoms with Gasteiger partial charge in [0.05, 0.1) is 5.75 Å². The smallest absolute Gasteiger partial charge is 0.246 e. The number of hydrogen-bond donors (Lipinski definition) is 2. The number of hydrogen-bond acceptors (Lipinski definition) is 3. The van der Waals surface area contributed by atoms with Gasteiger partial charge in [-0.1, -0.05) is 22.0 Å². The Kier molecular flexibility index (Phi) is 7.38. The summed E-state index contributed by atoms with van der Waals surface area (Å²) in [5.74, 6) is -2.92. The van der Waals surface area contributed by atoms with E-state index in [0.29, 0.717) is 0 Å². The van der Waals surface area contributed by atoms with Crippen LogP contribution in [-0.2, 0) is 9.59 Å². The molecule has 4 nitrogen and oxygen atoms in total. The third-order valence-corrected chi connectivity index (χ3v) is 5.92. The third kappa shape index (κ3) is 5.52.